The molecule has 0 spiro atoms. The highest BCUT2D eigenvalue weighted by molar-refractivity contribution is 6.07. The second-order valence-electron chi connectivity index (χ2n) is 6.33. The van der Waals surface area contributed by atoms with Crippen molar-refractivity contribution in [3.8, 4) is 23.0 Å². The molecule has 7 heteroatoms. The summed E-state index contributed by atoms with van der Waals surface area (Å²) in [6.45, 7) is 0. The molecule has 0 unspecified atom stereocenters. The number of hydrazone groups is 1. The standard InChI is InChI=1S/C23H19N3O4/c1-28-21-10-5-7-15(22(21)29-2)14-24-26-23(27)17-13-19(20-11-6-12-30-20)25-18-9-4-3-8-16(17)18/h3-14H,1-2H3,(H,26,27)/b24-14-. The van der Waals surface area contributed by atoms with Gasteiger partial charge in [-0.05, 0) is 36.4 Å². The molecule has 0 aliphatic rings. The van der Waals surface area contributed by atoms with Crippen molar-refractivity contribution in [2.24, 2.45) is 5.10 Å². The lowest BCUT2D eigenvalue weighted by Crippen LogP contribution is -2.18. The van der Waals surface area contributed by atoms with Gasteiger partial charge in [-0.25, -0.2) is 10.4 Å². The monoisotopic (exact) mass is 401 g/mol. The number of rotatable bonds is 6. The first-order valence-corrected chi connectivity index (χ1v) is 9.19. The minimum atomic E-state index is -0.362. The van der Waals surface area contributed by atoms with Gasteiger partial charge in [0.15, 0.2) is 17.3 Å². The van der Waals surface area contributed by atoms with E-state index in [2.05, 4.69) is 15.5 Å². The van der Waals surface area contributed by atoms with Crippen LogP contribution in [0.25, 0.3) is 22.4 Å². The second kappa shape index (κ2) is 8.48. The van der Waals surface area contributed by atoms with Gasteiger partial charge in [-0.3, -0.25) is 4.79 Å². The summed E-state index contributed by atoms with van der Waals surface area (Å²) in [7, 11) is 3.11. The molecule has 0 bridgehead atoms. The maximum Gasteiger partial charge on any atom is 0.272 e. The Morgan fingerprint density at radius 1 is 1.07 bits per heavy atom. The second-order valence-corrected chi connectivity index (χ2v) is 6.33. The van der Waals surface area contributed by atoms with Gasteiger partial charge in [-0.2, -0.15) is 5.10 Å². The molecule has 4 aromatic rings. The number of pyridine rings is 1. The maximum atomic E-state index is 12.9. The van der Waals surface area contributed by atoms with Crippen LogP contribution in [-0.2, 0) is 0 Å². The SMILES string of the molecule is COc1cccc(/C=N\NC(=O)c2cc(-c3ccco3)nc3ccccc23)c1OC. The molecule has 1 N–H and O–H groups in total. The lowest BCUT2D eigenvalue weighted by molar-refractivity contribution is 0.0956. The minimum absolute atomic E-state index is 0.362. The third-order valence-electron chi connectivity index (χ3n) is 4.54. The van der Waals surface area contributed by atoms with E-state index in [1.54, 1.807) is 44.7 Å². The molecule has 0 fully saturated rings. The van der Waals surface area contributed by atoms with Crippen LogP contribution in [0.2, 0.25) is 0 Å². The number of hydrogen-bond donors (Lipinski definition) is 1. The average molecular weight is 401 g/mol. The van der Waals surface area contributed by atoms with Crippen molar-refractivity contribution >= 4 is 23.0 Å². The number of benzene rings is 2. The molecule has 7 nitrogen and oxygen atoms in total. The smallest absolute Gasteiger partial charge is 0.272 e. The van der Waals surface area contributed by atoms with E-state index in [-0.39, 0.29) is 5.91 Å². The number of amides is 1. The van der Waals surface area contributed by atoms with Crippen molar-refractivity contribution in [2.75, 3.05) is 14.2 Å². The quantitative estimate of drug-likeness (QED) is 0.385. The summed E-state index contributed by atoms with van der Waals surface area (Å²) in [4.78, 5) is 17.5. The Bertz CT molecular complexity index is 1220. The van der Waals surface area contributed by atoms with Crippen molar-refractivity contribution in [3.63, 3.8) is 0 Å². The van der Waals surface area contributed by atoms with Crippen LogP contribution < -0.4 is 14.9 Å². The van der Waals surface area contributed by atoms with E-state index in [0.29, 0.717) is 39.6 Å². The normalized spacial score (nSPS) is 11.0. The van der Waals surface area contributed by atoms with Gasteiger partial charge in [0.25, 0.3) is 5.91 Å². The first-order chi connectivity index (χ1) is 14.7. The highest BCUT2D eigenvalue weighted by Gasteiger charge is 2.15. The molecule has 0 radical (unpaired) electrons. The molecule has 2 heterocycles. The zero-order valence-electron chi connectivity index (χ0n) is 16.5. The van der Waals surface area contributed by atoms with E-state index in [4.69, 9.17) is 13.9 Å². The van der Waals surface area contributed by atoms with Crippen LogP contribution in [0.15, 0.2) is 76.4 Å². The first-order valence-electron chi connectivity index (χ1n) is 9.19. The third kappa shape index (κ3) is 3.73. The third-order valence-corrected chi connectivity index (χ3v) is 4.54. The van der Waals surface area contributed by atoms with Gasteiger partial charge >= 0.3 is 0 Å². The average Bonchev–Trinajstić information content (AvgIpc) is 3.33. The number of ether oxygens (including phenoxy) is 2. The molecule has 0 aliphatic carbocycles. The summed E-state index contributed by atoms with van der Waals surface area (Å²) in [6, 6.07) is 18.1. The van der Waals surface area contributed by atoms with Crippen molar-refractivity contribution in [3.05, 3.63) is 78.1 Å². The van der Waals surface area contributed by atoms with Crippen molar-refractivity contribution in [1.29, 1.82) is 0 Å². The number of carbonyl (C=O) groups excluding carboxylic acids is 1. The number of furan rings is 1. The zero-order valence-corrected chi connectivity index (χ0v) is 16.5. The Hall–Kier alpha value is -4.13. The van der Waals surface area contributed by atoms with Crippen molar-refractivity contribution in [2.45, 2.75) is 0 Å². The lowest BCUT2D eigenvalue weighted by atomic mass is 10.1. The fourth-order valence-corrected chi connectivity index (χ4v) is 3.15. The van der Waals surface area contributed by atoms with Gasteiger partial charge in [-0.15, -0.1) is 0 Å². The van der Waals surface area contributed by atoms with Crippen LogP contribution in [0.1, 0.15) is 15.9 Å². The maximum absolute atomic E-state index is 12.9. The first kappa shape index (κ1) is 19.2. The summed E-state index contributed by atoms with van der Waals surface area (Å²) >= 11 is 0. The number of aromatic nitrogens is 1. The van der Waals surface area contributed by atoms with Gasteiger partial charge in [0.2, 0.25) is 0 Å². The molecule has 0 saturated heterocycles. The number of methoxy groups -OCH3 is 2. The highest BCUT2D eigenvalue weighted by Crippen LogP contribution is 2.29. The van der Waals surface area contributed by atoms with Gasteiger partial charge < -0.3 is 13.9 Å². The number of fused-ring (bicyclic) bond motifs is 1. The molecule has 4 rings (SSSR count). The van der Waals surface area contributed by atoms with Crippen LogP contribution in [-0.4, -0.2) is 31.3 Å². The molecule has 30 heavy (non-hydrogen) atoms. The predicted octanol–water partition coefficient (Wildman–Crippen LogP) is 4.28. The number of carbonyl (C=O) groups is 1. The number of nitrogens with zero attached hydrogens (tertiary/aromatic N) is 2. The Kier molecular flexibility index (Phi) is 5.43. The molecular formula is C23H19N3O4. The van der Waals surface area contributed by atoms with Crippen LogP contribution in [0.3, 0.4) is 0 Å². The molecule has 0 atom stereocenters. The molecule has 0 aliphatic heterocycles. The summed E-state index contributed by atoms with van der Waals surface area (Å²) in [5, 5.41) is 4.82. The molecular weight excluding hydrogens is 382 g/mol. The van der Waals surface area contributed by atoms with E-state index in [9.17, 15) is 4.79 Å². The van der Waals surface area contributed by atoms with E-state index in [1.807, 2.05) is 36.4 Å². The predicted molar refractivity (Wildman–Crippen MR) is 114 cm³/mol. The van der Waals surface area contributed by atoms with Crippen molar-refractivity contribution in [1.82, 2.24) is 10.4 Å². The molecule has 2 aromatic heterocycles. The zero-order chi connectivity index (χ0) is 20.9. The van der Waals surface area contributed by atoms with E-state index >= 15 is 0 Å². The summed E-state index contributed by atoms with van der Waals surface area (Å²) < 4.78 is 16.1. The molecule has 0 saturated carbocycles. The Labute approximate surface area is 173 Å². The van der Waals surface area contributed by atoms with Crippen molar-refractivity contribution < 1.29 is 18.7 Å². The largest absolute Gasteiger partial charge is 0.493 e. The van der Waals surface area contributed by atoms with Crippen LogP contribution >= 0.6 is 0 Å². The van der Waals surface area contributed by atoms with E-state index in [0.717, 1.165) is 5.39 Å². The van der Waals surface area contributed by atoms with Gasteiger partial charge in [-0.1, -0.05) is 24.3 Å². The summed E-state index contributed by atoms with van der Waals surface area (Å²) in [5.74, 6) is 1.34. The lowest BCUT2D eigenvalue weighted by Gasteiger charge is -2.10. The van der Waals surface area contributed by atoms with E-state index in [1.165, 1.54) is 6.21 Å². The van der Waals surface area contributed by atoms with Crippen LogP contribution in [0, 0.1) is 0 Å². The Balaban J connectivity index is 1.65. The Morgan fingerprint density at radius 3 is 2.70 bits per heavy atom. The molecule has 150 valence electrons. The number of nitrogens with one attached hydrogen (secondary N) is 1. The van der Waals surface area contributed by atoms with Gasteiger partial charge in [0.1, 0.15) is 5.69 Å². The van der Waals surface area contributed by atoms with E-state index < -0.39 is 0 Å². The topological polar surface area (TPSA) is 86.0 Å². The number of para-hydroxylation sites is 2. The fraction of sp³-hybridized carbons (Fsp3) is 0.0870. The highest BCUT2D eigenvalue weighted by atomic mass is 16.5. The summed E-state index contributed by atoms with van der Waals surface area (Å²) in [6.07, 6.45) is 3.08. The molecule has 2 aromatic carbocycles. The Morgan fingerprint density at radius 2 is 1.93 bits per heavy atom. The van der Waals surface area contributed by atoms with Gasteiger partial charge in [0, 0.05) is 10.9 Å². The summed E-state index contributed by atoms with van der Waals surface area (Å²) in [5.41, 5.74) is 4.96. The number of hydrogen-bond acceptors (Lipinski definition) is 6. The minimum Gasteiger partial charge on any atom is -0.493 e. The fourth-order valence-electron chi connectivity index (χ4n) is 3.15. The van der Waals surface area contributed by atoms with Gasteiger partial charge in [0.05, 0.1) is 37.8 Å². The van der Waals surface area contributed by atoms with Crippen LogP contribution in [0.4, 0.5) is 0 Å². The van der Waals surface area contributed by atoms with Crippen LogP contribution in [0.5, 0.6) is 11.5 Å². The molecule has 1 amide bonds.